The fraction of sp³-hybridized carbons (Fsp3) is 0.480. The van der Waals surface area contributed by atoms with Crippen LogP contribution in [0, 0.1) is 6.92 Å². The standard InChI is InChI=1S/C25H35ClN4O3S/c1-19-23(26)8-5-9-24(19)34(32,33)29(4)17-15-25(31)27-20-10-12-22(13-11-20)30-16-6-7-21(14-18-30)28(2)3/h5,8-13,21H,6-7,14-18H2,1-4H3,(H,27,31). The second kappa shape index (κ2) is 11.5. The summed E-state index contributed by atoms with van der Waals surface area (Å²) in [5, 5.41) is 3.26. The monoisotopic (exact) mass is 506 g/mol. The molecule has 1 heterocycles. The van der Waals surface area contributed by atoms with E-state index in [1.807, 2.05) is 24.3 Å². The van der Waals surface area contributed by atoms with E-state index in [4.69, 9.17) is 11.6 Å². The molecule has 1 saturated heterocycles. The Labute approximate surface area is 208 Å². The van der Waals surface area contributed by atoms with Gasteiger partial charge in [0.15, 0.2) is 0 Å². The number of sulfonamides is 1. The molecule has 0 spiro atoms. The number of nitrogens with zero attached hydrogens (tertiary/aromatic N) is 3. The summed E-state index contributed by atoms with van der Waals surface area (Å²) in [5.41, 5.74) is 2.35. The zero-order valence-corrected chi connectivity index (χ0v) is 22.0. The lowest BCUT2D eigenvalue weighted by molar-refractivity contribution is -0.116. The minimum atomic E-state index is -3.73. The van der Waals surface area contributed by atoms with E-state index >= 15 is 0 Å². The van der Waals surface area contributed by atoms with Gasteiger partial charge in [-0.25, -0.2) is 12.7 Å². The van der Waals surface area contributed by atoms with Crippen molar-refractivity contribution in [2.24, 2.45) is 0 Å². The van der Waals surface area contributed by atoms with Gasteiger partial charge in [0.2, 0.25) is 15.9 Å². The van der Waals surface area contributed by atoms with E-state index in [2.05, 4.69) is 29.2 Å². The molecule has 34 heavy (non-hydrogen) atoms. The van der Waals surface area contributed by atoms with E-state index in [9.17, 15) is 13.2 Å². The third kappa shape index (κ3) is 6.50. The summed E-state index contributed by atoms with van der Waals surface area (Å²) >= 11 is 6.08. The molecule has 3 rings (SSSR count). The lowest BCUT2D eigenvalue weighted by Crippen LogP contribution is -2.31. The molecule has 1 amide bonds. The number of hydrogen-bond acceptors (Lipinski definition) is 5. The molecule has 186 valence electrons. The topological polar surface area (TPSA) is 73.0 Å². The first-order chi connectivity index (χ1) is 16.1. The zero-order chi connectivity index (χ0) is 24.9. The Bertz CT molecular complexity index is 1090. The van der Waals surface area contributed by atoms with Gasteiger partial charge in [0.05, 0.1) is 4.90 Å². The van der Waals surface area contributed by atoms with Gasteiger partial charge in [-0.1, -0.05) is 17.7 Å². The maximum Gasteiger partial charge on any atom is 0.243 e. The van der Waals surface area contributed by atoms with Crippen LogP contribution in [-0.2, 0) is 14.8 Å². The summed E-state index contributed by atoms with van der Waals surface area (Å²) in [6, 6.07) is 13.3. The molecule has 1 atom stereocenters. The Kier molecular flexibility index (Phi) is 8.98. The van der Waals surface area contributed by atoms with Crippen molar-refractivity contribution in [2.45, 2.75) is 43.5 Å². The molecule has 1 aliphatic rings. The number of anilines is 2. The number of carbonyl (C=O) groups excluding carboxylic acids is 1. The van der Waals surface area contributed by atoms with Crippen molar-refractivity contribution >= 4 is 38.9 Å². The van der Waals surface area contributed by atoms with E-state index in [1.54, 1.807) is 19.1 Å². The molecular formula is C25H35ClN4O3S. The van der Waals surface area contributed by atoms with Gasteiger partial charge in [0, 0.05) is 55.5 Å². The van der Waals surface area contributed by atoms with Gasteiger partial charge in [0.1, 0.15) is 0 Å². The van der Waals surface area contributed by atoms with Crippen LogP contribution in [0.15, 0.2) is 47.4 Å². The Balaban J connectivity index is 1.53. The first-order valence-corrected chi connectivity index (χ1v) is 13.4. The van der Waals surface area contributed by atoms with Crippen molar-refractivity contribution in [3.63, 3.8) is 0 Å². The molecule has 0 bridgehead atoms. The zero-order valence-electron chi connectivity index (χ0n) is 20.4. The van der Waals surface area contributed by atoms with Crippen molar-refractivity contribution in [3.8, 4) is 0 Å². The van der Waals surface area contributed by atoms with Gasteiger partial charge in [-0.2, -0.15) is 0 Å². The van der Waals surface area contributed by atoms with Crippen LogP contribution in [0.4, 0.5) is 11.4 Å². The van der Waals surface area contributed by atoms with Crippen molar-refractivity contribution in [1.29, 1.82) is 0 Å². The molecule has 0 aliphatic carbocycles. The summed E-state index contributed by atoms with van der Waals surface area (Å²) in [4.78, 5) is 17.3. The van der Waals surface area contributed by atoms with E-state index < -0.39 is 10.0 Å². The molecule has 2 aromatic rings. The first kappa shape index (κ1) is 26.5. The minimum Gasteiger partial charge on any atom is -0.371 e. The lowest BCUT2D eigenvalue weighted by Gasteiger charge is -2.25. The molecule has 0 radical (unpaired) electrons. The highest BCUT2D eigenvalue weighted by Gasteiger charge is 2.24. The fourth-order valence-corrected chi connectivity index (χ4v) is 5.89. The van der Waals surface area contributed by atoms with Crippen LogP contribution in [0.2, 0.25) is 5.02 Å². The Morgan fingerprint density at radius 1 is 1.09 bits per heavy atom. The van der Waals surface area contributed by atoms with E-state index in [-0.39, 0.29) is 23.8 Å². The van der Waals surface area contributed by atoms with Crippen LogP contribution in [-0.4, -0.2) is 70.3 Å². The van der Waals surface area contributed by atoms with Gasteiger partial charge in [-0.15, -0.1) is 0 Å². The first-order valence-electron chi connectivity index (χ1n) is 11.6. The quantitative estimate of drug-likeness (QED) is 0.580. The van der Waals surface area contributed by atoms with Crippen molar-refractivity contribution < 1.29 is 13.2 Å². The number of carbonyl (C=O) groups is 1. The molecule has 7 nitrogen and oxygen atoms in total. The van der Waals surface area contributed by atoms with Crippen LogP contribution in [0.1, 0.15) is 31.2 Å². The number of halogens is 1. The molecule has 1 fully saturated rings. The summed E-state index contributed by atoms with van der Waals surface area (Å²) in [6.45, 7) is 3.79. The highest BCUT2D eigenvalue weighted by Crippen LogP contribution is 2.26. The van der Waals surface area contributed by atoms with Gasteiger partial charge in [-0.05, 0) is 82.2 Å². The molecule has 2 aromatic carbocycles. The number of benzene rings is 2. The molecular weight excluding hydrogens is 472 g/mol. The molecule has 0 aromatic heterocycles. The van der Waals surface area contributed by atoms with Crippen molar-refractivity contribution in [2.75, 3.05) is 51.0 Å². The van der Waals surface area contributed by atoms with Crippen LogP contribution in [0.5, 0.6) is 0 Å². The van der Waals surface area contributed by atoms with Gasteiger partial charge < -0.3 is 15.1 Å². The number of nitrogens with one attached hydrogen (secondary N) is 1. The minimum absolute atomic E-state index is 0.0507. The highest BCUT2D eigenvalue weighted by atomic mass is 35.5. The molecule has 1 aliphatic heterocycles. The fourth-order valence-electron chi connectivity index (χ4n) is 4.25. The van der Waals surface area contributed by atoms with E-state index in [0.29, 0.717) is 22.3 Å². The third-order valence-corrected chi connectivity index (χ3v) is 8.91. The normalized spacial score (nSPS) is 17.1. The smallest absolute Gasteiger partial charge is 0.243 e. The van der Waals surface area contributed by atoms with Crippen LogP contribution in [0.25, 0.3) is 0 Å². The van der Waals surface area contributed by atoms with E-state index in [0.717, 1.165) is 31.6 Å². The molecule has 9 heteroatoms. The number of rotatable bonds is 8. The maximum atomic E-state index is 12.9. The van der Waals surface area contributed by atoms with Gasteiger partial charge in [0.25, 0.3) is 0 Å². The average Bonchev–Trinajstić information content (AvgIpc) is 3.06. The largest absolute Gasteiger partial charge is 0.371 e. The number of hydrogen-bond donors (Lipinski definition) is 1. The van der Waals surface area contributed by atoms with Crippen LogP contribution >= 0.6 is 11.6 Å². The summed E-state index contributed by atoms with van der Waals surface area (Å²) < 4.78 is 26.9. The predicted octanol–water partition coefficient (Wildman–Crippen LogP) is 4.22. The second-order valence-corrected chi connectivity index (χ2v) is 11.5. The van der Waals surface area contributed by atoms with Crippen molar-refractivity contribution in [3.05, 3.63) is 53.1 Å². The van der Waals surface area contributed by atoms with E-state index in [1.165, 1.54) is 23.8 Å². The summed E-state index contributed by atoms with van der Waals surface area (Å²) in [6.07, 6.45) is 3.55. The average molecular weight is 507 g/mol. The van der Waals surface area contributed by atoms with Gasteiger partial charge >= 0.3 is 0 Å². The third-order valence-electron chi connectivity index (χ3n) is 6.50. The Morgan fingerprint density at radius 2 is 1.79 bits per heavy atom. The van der Waals surface area contributed by atoms with Crippen LogP contribution in [0.3, 0.4) is 0 Å². The molecule has 0 saturated carbocycles. The highest BCUT2D eigenvalue weighted by molar-refractivity contribution is 7.89. The molecule has 1 N–H and O–H groups in total. The SMILES string of the molecule is Cc1c(Cl)cccc1S(=O)(=O)N(C)CCC(=O)Nc1ccc(N2CCCC(N(C)C)CC2)cc1. The predicted molar refractivity (Wildman–Crippen MR) is 139 cm³/mol. The Morgan fingerprint density at radius 3 is 2.47 bits per heavy atom. The Hall–Kier alpha value is -2.13. The maximum absolute atomic E-state index is 12.9. The second-order valence-electron chi connectivity index (χ2n) is 9.07. The van der Waals surface area contributed by atoms with Crippen LogP contribution < -0.4 is 10.2 Å². The summed E-state index contributed by atoms with van der Waals surface area (Å²) in [5.74, 6) is -0.235. The molecule has 1 unspecified atom stereocenters. The van der Waals surface area contributed by atoms with Gasteiger partial charge in [-0.3, -0.25) is 4.79 Å². The lowest BCUT2D eigenvalue weighted by atomic mass is 10.1. The number of amides is 1. The summed E-state index contributed by atoms with van der Waals surface area (Å²) in [7, 11) is 2.03. The van der Waals surface area contributed by atoms with Crippen molar-refractivity contribution in [1.82, 2.24) is 9.21 Å².